The Bertz CT molecular complexity index is 426. The molecule has 22 heavy (non-hydrogen) atoms. The highest BCUT2D eigenvalue weighted by Gasteiger charge is 2.19. The van der Waals surface area contributed by atoms with Gasteiger partial charge in [-0.3, -0.25) is 24.6 Å². The minimum atomic E-state index is -0.795. The van der Waals surface area contributed by atoms with Crippen LogP contribution in [0.25, 0.3) is 0 Å². The summed E-state index contributed by atoms with van der Waals surface area (Å²) in [5.41, 5.74) is 5.12. The van der Waals surface area contributed by atoms with Crippen LogP contribution in [0, 0.1) is 5.41 Å². The standard InChI is InChI=1S/C12H21N6O4/c1-8(20)18-9(3-2-4-16-12(13)14)11(22)17-7-10(21)15-5-6-19/h9H,2-5,7H2,1H3,(H,15,21)(H,17,22)(H,18,20)(H4,13,14,16)/t9-/m1/s1. The maximum atomic E-state index is 11.9. The van der Waals surface area contributed by atoms with E-state index in [1.165, 1.54) is 13.2 Å². The second-order valence-electron chi connectivity index (χ2n) is 4.37. The molecule has 1 radical (unpaired) electrons. The van der Waals surface area contributed by atoms with Gasteiger partial charge in [-0.1, -0.05) is 0 Å². The molecule has 0 aromatic heterocycles. The Morgan fingerprint density at radius 1 is 1.23 bits per heavy atom. The van der Waals surface area contributed by atoms with Crippen molar-refractivity contribution in [3.63, 3.8) is 0 Å². The highest BCUT2D eigenvalue weighted by Crippen LogP contribution is 1.97. The monoisotopic (exact) mass is 313 g/mol. The highest BCUT2D eigenvalue weighted by atomic mass is 16.2. The van der Waals surface area contributed by atoms with Gasteiger partial charge in [-0.05, 0) is 12.8 Å². The smallest absolute Gasteiger partial charge is 0.243 e. The van der Waals surface area contributed by atoms with Gasteiger partial charge in [-0.25, -0.2) is 0 Å². The van der Waals surface area contributed by atoms with E-state index in [-0.39, 0.29) is 25.0 Å². The van der Waals surface area contributed by atoms with Crippen LogP contribution in [-0.2, 0) is 19.2 Å². The molecule has 0 unspecified atom stereocenters. The molecular formula is C12H21N6O4. The van der Waals surface area contributed by atoms with Gasteiger partial charge in [0.05, 0.1) is 13.1 Å². The zero-order valence-corrected chi connectivity index (χ0v) is 12.3. The van der Waals surface area contributed by atoms with E-state index in [1.807, 2.05) is 0 Å². The van der Waals surface area contributed by atoms with Crippen molar-refractivity contribution < 1.29 is 19.2 Å². The van der Waals surface area contributed by atoms with Gasteiger partial charge in [0.2, 0.25) is 24.0 Å². The molecule has 0 aliphatic rings. The van der Waals surface area contributed by atoms with Gasteiger partial charge < -0.3 is 27.0 Å². The first-order valence-electron chi connectivity index (χ1n) is 6.61. The molecule has 0 aromatic carbocycles. The number of carbonyl (C=O) groups excluding carboxylic acids is 4. The van der Waals surface area contributed by atoms with Crippen molar-refractivity contribution >= 4 is 30.0 Å². The zero-order chi connectivity index (χ0) is 17.0. The Hall–Kier alpha value is -2.65. The van der Waals surface area contributed by atoms with Crippen LogP contribution in [0.5, 0.6) is 0 Å². The summed E-state index contributed by atoms with van der Waals surface area (Å²) in [7, 11) is 0. The maximum absolute atomic E-state index is 11.9. The molecule has 123 valence electrons. The van der Waals surface area contributed by atoms with Gasteiger partial charge >= 0.3 is 0 Å². The molecule has 0 aromatic rings. The van der Waals surface area contributed by atoms with Gasteiger partial charge in [0.15, 0.2) is 5.96 Å². The number of carbonyl (C=O) groups is 3. The van der Waals surface area contributed by atoms with Crippen molar-refractivity contribution in [2.24, 2.45) is 5.73 Å². The summed E-state index contributed by atoms with van der Waals surface area (Å²) in [6.45, 7) is 1.11. The lowest BCUT2D eigenvalue weighted by Crippen LogP contribution is -2.49. The number of hydrogen-bond donors (Lipinski definition) is 6. The van der Waals surface area contributed by atoms with Crippen LogP contribution in [0.1, 0.15) is 19.8 Å². The van der Waals surface area contributed by atoms with Crippen molar-refractivity contribution in [1.82, 2.24) is 21.3 Å². The summed E-state index contributed by atoms with van der Waals surface area (Å²) in [6.07, 6.45) is 2.30. The third-order valence-electron chi connectivity index (χ3n) is 2.46. The van der Waals surface area contributed by atoms with Crippen molar-refractivity contribution in [2.45, 2.75) is 25.8 Å². The fraction of sp³-hybridized carbons (Fsp3) is 0.583. The van der Waals surface area contributed by atoms with Crippen LogP contribution >= 0.6 is 0 Å². The molecule has 7 N–H and O–H groups in total. The second kappa shape index (κ2) is 11.1. The van der Waals surface area contributed by atoms with Crippen LogP contribution in [0.4, 0.5) is 0 Å². The summed E-state index contributed by atoms with van der Waals surface area (Å²) in [4.78, 5) is 44.2. The lowest BCUT2D eigenvalue weighted by atomic mass is 10.1. The fourth-order valence-electron chi connectivity index (χ4n) is 1.53. The van der Waals surface area contributed by atoms with Gasteiger partial charge in [0.1, 0.15) is 6.04 Å². The molecule has 0 rings (SSSR count). The molecular weight excluding hydrogens is 292 g/mol. The molecule has 0 fully saturated rings. The van der Waals surface area contributed by atoms with E-state index < -0.39 is 17.9 Å². The zero-order valence-electron chi connectivity index (χ0n) is 12.3. The molecule has 0 saturated heterocycles. The minimum Gasteiger partial charge on any atom is -0.370 e. The summed E-state index contributed by atoms with van der Waals surface area (Å²) < 4.78 is 0. The van der Waals surface area contributed by atoms with Crippen LogP contribution in [0.3, 0.4) is 0 Å². The lowest BCUT2D eigenvalue weighted by molar-refractivity contribution is -0.129. The Labute approximate surface area is 128 Å². The summed E-state index contributed by atoms with van der Waals surface area (Å²) >= 11 is 0. The largest absolute Gasteiger partial charge is 0.370 e. The SMILES string of the molecule is CC(=O)N[C@H](CCCNC(=N)N)C(=O)NCC(=O)NC[C]=O. The van der Waals surface area contributed by atoms with Crippen LogP contribution < -0.4 is 27.0 Å². The molecule has 10 nitrogen and oxygen atoms in total. The topological polar surface area (TPSA) is 166 Å². The van der Waals surface area contributed by atoms with Gasteiger partial charge in [0.25, 0.3) is 0 Å². The first-order chi connectivity index (χ1) is 10.4. The van der Waals surface area contributed by atoms with E-state index in [4.69, 9.17) is 11.1 Å². The van der Waals surface area contributed by atoms with Crippen LogP contribution in [-0.4, -0.2) is 55.6 Å². The van der Waals surface area contributed by atoms with E-state index in [9.17, 15) is 19.2 Å². The average molecular weight is 313 g/mol. The molecule has 0 spiro atoms. The second-order valence-corrected chi connectivity index (χ2v) is 4.37. The predicted octanol–water partition coefficient (Wildman–Crippen LogP) is -2.90. The van der Waals surface area contributed by atoms with Crippen molar-refractivity contribution in [1.29, 1.82) is 5.41 Å². The van der Waals surface area contributed by atoms with E-state index in [2.05, 4.69) is 21.3 Å². The molecule has 3 amide bonds. The molecule has 0 bridgehead atoms. The maximum Gasteiger partial charge on any atom is 0.243 e. The lowest BCUT2D eigenvalue weighted by Gasteiger charge is -2.17. The predicted molar refractivity (Wildman–Crippen MR) is 78.5 cm³/mol. The number of rotatable bonds is 10. The average Bonchev–Trinajstić information content (AvgIpc) is 2.45. The first kappa shape index (κ1) is 19.4. The Balaban J connectivity index is 4.26. The van der Waals surface area contributed by atoms with Crippen molar-refractivity contribution in [3.8, 4) is 0 Å². The molecule has 0 heterocycles. The quantitative estimate of drug-likeness (QED) is 0.144. The molecule has 1 atom stereocenters. The van der Waals surface area contributed by atoms with E-state index in [1.54, 1.807) is 0 Å². The first-order valence-corrected chi connectivity index (χ1v) is 6.61. The minimum absolute atomic E-state index is 0.177. The van der Waals surface area contributed by atoms with Gasteiger partial charge in [0, 0.05) is 13.5 Å². The van der Waals surface area contributed by atoms with Crippen molar-refractivity contribution in [3.05, 3.63) is 0 Å². The third kappa shape index (κ3) is 10.2. The number of nitrogens with two attached hydrogens (primary N) is 1. The van der Waals surface area contributed by atoms with Crippen LogP contribution in [0.2, 0.25) is 0 Å². The molecule has 0 aliphatic carbocycles. The Kier molecular flexibility index (Phi) is 9.73. The third-order valence-corrected chi connectivity index (χ3v) is 2.46. The number of nitrogens with one attached hydrogen (secondary N) is 5. The van der Waals surface area contributed by atoms with E-state index >= 15 is 0 Å². The highest BCUT2D eigenvalue weighted by molar-refractivity contribution is 5.90. The Morgan fingerprint density at radius 3 is 2.45 bits per heavy atom. The van der Waals surface area contributed by atoms with Crippen LogP contribution in [0.15, 0.2) is 0 Å². The Morgan fingerprint density at radius 2 is 1.91 bits per heavy atom. The number of amides is 3. The summed E-state index contributed by atoms with van der Waals surface area (Å²) in [5, 5.41) is 16.6. The fourth-order valence-corrected chi connectivity index (χ4v) is 1.53. The normalized spacial score (nSPS) is 11.0. The molecule has 0 aliphatic heterocycles. The van der Waals surface area contributed by atoms with Crippen molar-refractivity contribution in [2.75, 3.05) is 19.6 Å². The van der Waals surface area contributed by atoms with Gasteiger partial charge in [-0.15, -0.1) is 0 Å². The van der Waals surface area contributed by atoms with E-state index in [0.29, 0.717) is 19.4 Å². The number of guanidine groups is 1. The van der Waals surface area contributed by atoms with E-state index in [0.717, 1.165) is 0 Å². The van der Waals surface area contributed by atoms with Gasteiger partial charge in [-0.2, -0.15) is 0 Å². The summed E-state index contributed by atoms with van der Waals surface area (Å²) in [5.74, 6) is -1.59. The molecule has 10 heteroatoms. The molecule has 0 saturated carbocycles. The summed E-state index contributed by atoms with van der Waals surface area (Å²) in [6, 6.07) is -0.795. The number of hydrogen-bond acceptors (Lipinski definition) is 5.